The van der Waals surface area contributed by atoms with Gasteiger partial charge < -0.3 is 10.4 Å². The molecule has 0 radical (unpaired) electrons. The van der Waals surface area contributed by atoms with Crippen molar-refractivity contribution in [1.82, 2.24) is 5.32 Å². The molecule has 1 unspecified atom stereocenters. The van der Waals surface area contributed by atoms with Crippen LogP contribution >= 0.6 is 0 Å². The van der Waals surface area contributed by atoms with Crippen LogP contribution in [-0.4, -0.2) is 17.7 Å². The molecule has 0 saturated heterocycles. The Hall–Kier alpha value is -1.80. The average molecular weight is 311 g/mol. The Balaban J connectivity index is 2.31. The number of phenols is 1. The van der Waals surface area contributed by atoms with Gasteiger partial charge in [0.2, 0.25) is 0 Å². The zero-order chi connectivity index (χ0) is 16.7. The Morgan fingerprint density at radius 1 is 1.04 bits per heavy atom. The highest BCUT2D eigenvalue weighted by Crippen LogP contribution is 2.34. The zero-order valence-electron chi connectivity index (χ0n) is 14.5. The molecule has 0 bridgehead atoms. The van der Waals surface area contributed by atoms with E-state index >= 15 is 0 Å². The summed E-state index contributed by atoms with van der Waals surface area (Å²) >= 11 is 0. The molecule has 2 heteroatoms. The van der Waals surface area contributed by atoms with Gasteiger partial charge in [0.15, 0.2) is 0 Å². The van der Waals surface area contributed by atoms with Crippen LogP contribution < -0.4 is 5.32 Å². The lowest BCUT2D eigenvalue weighted by atomic mass is 9.86. The fraction of sp³-hybridized carbons (Fsp3) is 0.429. The van der Waals surface area contributed by atoms with Crippen molar-refractivity contribution in [1.29, 1.82) is 0 Å². The molecule has 124 valence electrons. The summed E-state index contributed by atoms with van der Waals surface area (Å²) in [6, 6.07) is 17.1. The maximum absolute atomic E-state index is 10.4. The summed E-state index contributed by atoms with van der Waals surface area (Å²) in [6.45, 7) is 7.45. The quantitative estimate of drug-likeness (QED) is 0.729. The molecular formula is C21H29NO. The van der Waals surface area contributed by atoms with Crippen molar-refractivity contribution in [2.24, 2.45) is 0 Å². The van der Waals surface area contributed by atoms with Gasteiger partial charge in [0.05, 0.1) is 0 Å². The lowest BCUT2D eigenvalue weighted by Crippen LogP contribution is -2.25. The Morgan fingerprint density at radius 3 is 2.43 bits per heavy atom. The van der Waals surface area contributed by atoms with E-state index in [0.29, 0.717) is 11.8 Å². The number of benzene rings is 2. The Labute approximate surface area is 140 Å². The highest BCUT2D eigenvalue weighted by Gasteiger charge is 2.18. The molecular weight excluding hydrogens is 282 g/mol. The van der Waals surface area contributed by atoms with Crippen molar-refractivity contribution in [3.8, 4) is 5.75 Å². The zero-order valence-corrected chi connectivity index (χ0v) is 14.5. The number of aromatic hydroxyl groups is 1. The van der Waals surface area contributed by atoms with E-state index in [1.807, 2.05) is 18.2 Å². The molecule has 0 saturated carbocycles. The topological polar surface area (TPSA) is 32.3 Å². The monoisotopic (exact) mass is 311 g/mol. The van der Waals surface area contributed by atoms with Gasteiger partial charge in [0, 0.05) is 17.5 Å². The van der Waals surface area contributed by atoms with Crippen molar-refractivity contribution in [2.75, 3.05) is 6.54 Å². The van der Waals surface area contributed by atoms with Crippen LogP contribution in [0, 0.1) is 0 Å². The predicted octanol–water partition coefficient (Wildman–Crippen LogP) is 4.86. The van der Waals surface area contributed by atoms with E-state index in [2.05, 4.69) is 56.4 Å². The van der Waals surface area contributed by atoms with E-state index in [1.165, 1.54) is 11.1 Å². The summed E-state index contributed by atoms with van der Waals surface area (Å²) in [6.07, 6.45) is 3.15. The largest absolute Gasteiger partial charge is 0.508 e. The van der Waals surface area contributed by atoms with Crippen LogP contribution in [0.25, 0.3) is 0 Å². The number of hydrogen-bond donors (Lipinski definition) is 2. The molecule has 0 heterocycles. The molecule has 2 rings (SSSR count). The maximum Gasteiger partial charge on any atom is 0.119 e. The third kappa shape index (κ3) is 5.11. The predicted molar refractivity (Wildman–Crippen MR) is 98.1 cm³/mol. The third-order valence-electron chi connectivity index (χ3n) is 4.19. The van der Waals surface area contributed by atoms with E-state index in [1.54, 1.807) is 0 Å². The molecule has 0 aliphatic carbocycles. The molecule has 2 nitrogen and oxygen atoms in total. The van der Waals surface area contributed by atoms with Gasteiger partial charge in [0.25, 0.3) is 0 Å². The molecule has 0 spiro atoms. The third-order valence-corrected chi connectivity index (χ3v) is 4.19. The van der Waals surface area contributed by atoms with Crippen molar-refractivity contribution in [3.05, 3.63) is 65.2 Å². The second-order valence-corrected chi connectivity index (χ2v) is 6.50. The molecule has 2 aromatic carbocycles. The molecule has 0 amide bonds. The van der Waals surface area contributed by atoms with E-state index in [4.69, 9.17) is 0 Å². The SMILES string of the molecule is CCCc1ccc(O)c(C(CCNC(C)C)c2ccccc2)c1. The fourth-order valence-electron chi connectivity index (χ4n) is 3.03. The van der Waals surface area contributed by atoms with Crippen LogP contribution in [0.5, 0.6) is 5.75 Å². The summed E-state index contributed by atoms with van der Waals surface area (Å²) in [7, 11) is 0. The lowest BCUT2D eigenvalue weighted by molar-refractivity contribution is 0.459. The molecule has 2 aromatic rings. The highest BCUT2D eigenvalue weighted by atomic mass is 16.3. The second kappa shape index (κ2) is 8.73. The lowest BCUT2D eigenvalue weighted by Gasteiger charge is -2.21. The van der Waals surface area contributed by atoms with Gasteiger partial charge in [-0.15, -0.1) is 0 Å². The van der Waals surface area contributed by atoms with Gasteiger partial charge in [-0.2, -0.15) is 0 Å². The van der Waals surface area contributed by atoms with E-state index in [-0.39, 0.29) is 5.92 Å². The van der Waals surface area contributed by atoms with Gasteiger partial charge in [-0.3, -0.25) is 0 Å². The number of phenolic OH excluding ortho intramolecular Hbond substituents is 1. The number of aryl methyl sites for hydroxylation is 1. The minimum Gasteiger partial charge on any atom is -0.508 e. The minimum atomic E-state index is 0.222. The van der Waals surface area contributed by atoms with Crippen LogP contribution in [0.2, 0.25) is 0 Å². The summed E-state index contributed by atoms with van der Waals surface area (Å²) in [4.78, 5) is 0. The van der Waals surface area contributed by atoms with Crippen molar-refractivity contribution >= 4 is 0 Å². The second-order valence-electron chi connectivity index (χ2n) is 6.50. The first-order chi connectivity index (χ1) is 11.1. The first kappa shape index (κ1) is 17.6. The van der Waals surface area contributed by atoms with Gasteiger partial charge >= 0.3 is 0 Å². The first-order valence-corrected chi connectivity index (χ1v) is 8.72. The summed E-state index contributed by atoms with van der Waals surface area (Å²) in [5.41, 5.74) is 3.62. The van der Waals surface area contributed by atoms with Gasteiger partial charge in [0.1, 0.15) is 5.75 Å². The number of rotatable bonds is 8. The molecule has 23 heavy (non-hydrogen) atoms. The van der Waals surface area contributed by atoms with Crippen LogP contribution in [0.1, 0.15) is 56.2 Å². The highest BCUT2D eigenvalue weighted by molar-refractivity contribution is 5.43. The smallest absolute Gasteiger partial charge is 0.119 e. The molecule has 0 aromatic heterocycles. The summed E-state index contributed by atoms with van der Waals surface area (Å²) in [5, 5.41) is 13.9. The molecule has 1 atom stereocenters. The van der Waals surface area contributed by atoms with Crippen molar-refractivity contribution in [2.45, 2.75) is 52.0 Å². The van der Waals surface area contributed by atoms with Gasteiger partial charge in [-0.1, -0.05) is 69.7 Å². The maximum atomic E-state index is 10.4. The average Bonchev–Trinajstić information content (AvgIpc) is 2.55. The van der Waals surface area contributed by atoms with Crippen molar-refractivity contribution < 1.29 is 5.11 Å². The van der Waals surface area contributed by atoms with Crippen LogP contribution in [0.15, 0.2) is 48.5 Å². The summed E-state index contributed by atoms with van der Waals surface area (Å²) in [5.74, 6) is 0.627. The molecule has 0 aliphatic heterocycles. The number of hydrogen-bond acceptors (Lipinski definition) is 2. The van der Waals surface area contributed by atoms with Crippen molar-refractivity contribution in [3.63, 3.8) is 0 Å². The molecule has 0 fully saturated rings. The Kier molecular flexibility index (Phi) is 6.66. The Morgan fingerprint density at radius 2 is 1.78 bits per heavy atom. The van der Waals surface area contributed by atoms with E-state index < -0.39 is 0 Å². The Bertz CT molecular complexity index is 592. The van der Waals surface area contributed by atoms with Gasteiger partial charge in [-0.05, 0) is 36.6 Å². The standard InChI is InChI=1S/C21H29NO/c1-4-8-17-11-12-21(23)20(15-17)19(13-14-22-16(2)3)18-9-6-5-7-10-18/h5-7,9-12,15-16,19,22-23H,4,8,13-14H2,1-3H3. The van der Waals surface area contributed by atoms with Crippen LogP contribution in [-0.2, 0) is 6.42 Å². The van der Waals surface area contributed by atoms with E-state index in [9.17, 15) is 5.11 Å². The minimum absolute atomic E-state index is 0.222. The number of nitrogens with one attached hydrogen (secondary N) is 1. The first-order valence-electron chi connectivity index (χ1n) is 8.72. The molecule has 2 N–H and O–H groups in total. The normalized spacial score (nSPS) is 12.5. The van der Waals surface area contributed by atoms with Gasteiger partial charge in [-0.25, -0.2) is 0 Å². The van der Waals surface area contributed by atoms with Crippen LogP contribution in [0.3, 0.4) is 0 Å². The summed E-state index contributed by atoms with van der Waals surface area (Å²) < 4.78 is 0. The molecule has 0 aliphatic rings. The van der Waals surface area contributed by atoms with E-state index in [0.717, 1.165) is 31.4 Å². The fourth-order valence-corrected chi connectivity index (χ4v) is 3.03. The van der Waals surface area contributed by atoms with Crippen LogP contribution in [0.4, 0.5) is 0 Å².